The molecular weight excluding hydrogens is 396 g/mol. The van der Waals surface area contributed by atoms with E-state index in [1.165, 1.54) is 6.92 Å². The fourth-order valence-electron chi connectivity index (χ4n) is 7.32. The Labute approximate surface area is 184 Å². The number of aromatic hydroxyl groups is 1. The van der Waals surface area contributed by atoms with Crippen molar-refractivity contribution < 1.29 is 29.6 Å². The van der Waals surface area contributed by atoms with Gasteiger partial charge in [-0.15, -0.1) is 0 Å². The van der Waals surface area contributed by atoms with Crippen LogP contribution in [0.25, 0.3) is 0 Å². The SMILES string of the molecule is CC(=O)O[C@H]1CC[C@]2(C)[C@H]3Cc4c(O)cc(CO)c(CO)c4O[C@@]3(C)CC[C@H]2C1(C)C. The molecule has 3 N–H and O–H groups in total. The summed E-state index contributed by atoms with van der Waals surface area (Å²) in [4.78, 5) is 11.7. The normalized spacial score (nSPS) is 35.9. The minimum Gasteiger partial charge on any atom is -0.508 e. The predicted molar refractivity (Wildman–Crippen MR) is 116 cm³/mol. The Morgan fingerprint density at radius 1 is 1.13 bits per heavy atom. The number of ether oxygens (including phenoxy) is 2. The molecule has 6 nitrogen and oxygen atoms in total. The van der Waals surface area contributed by atoms with Gasteiger partial charge in [0.25, 0.3) is 0 Å². The molecule has 2 aliphatic carbocycles. The molecule has 31 heavy (non-hydrogen) atoms. The molecule has 172 valence electrons. The van der Waals surface area contributed by atoms with Gasteiger partial charge in [0.1, 0.15) is 23.2 Å². The monoisotopic (exact) mass is 432 g/mol. The van der Waals surface area contributed by atoms with E-state index in [4.69, 9.17) is 9.47 Å². The van der Waals surface area contributed by atoms with Gasteiger partial charge in [-0.1, -0.05) is 20.8 Å². The number of aliphatic hydroxyl groups is 2. The Balaban J connectivity index is 1.76. The fraction of sp³-hybridized carbons (Fsp3) is 0.720. The lowest BCUT2D eigenvalue weighted by Gasteiger charge is -2.64. The summed E-state index contributed by atoms with van der Waals surface area (Å²) in [5, 5.41) is 30.4. The van der Waals surface area contributed by atoms with Crippen molar-refractivity contribution in [2.75, 3.05) is 0 Å². The molecule has 1 aromatic rings. The topological polar surface area (TPSA) is 96.2 Å². The number of hydrogen-bond donors (Lipinski definition) is 3. The number of aliphatic hydroxyl groups excluding tert-OH is 2. The molecule has 1 heterocycles. The molecular formula is C25H36O6. The van der Waals surface area contributed by atoms with E-state index in [2.05, 4.69) is 27.7 Å². The number of phenols is 1. The molecule has 1 aliphatic heterocycles. The maximum Gasteiger partial charge on any atom is 0.302 e. The molecule has 0 spiro atoms. The van der Waals surface area contributed by atoms with Crippen molar-refractivity contribution in [3.63, 3.8) is 0 Å². The first-order valence-corrected chi connectivity index (χ1v) is 11.4. The maximum atomic E-state index is 11.7. The van der Waals surface area contributed by atoms with Crippen LogP contribution in [0.3, 0.4) is 0 Å². The van der Waals surface area contributed by atoms with Crippen LogP contribution >= 0.6 is 0 Å². The molecule has 0 saturated heterocycles. The molecule has 0 bridgehead atoms. The van der Waals surface area contributed by atoms with Gasteiger partial charge in [0.15, 0.2) is 0 Å². The summed E-state index contributed by atoms with van der Waals surface area (Å²) in [6.07, 6.45) is 4.13. The summed E-state index contributed by atoms with van der Waals surface area (Å²) < 4.78 is 12.4. The van der Waals surface area contributed by atoms with E-state index in [0.717, 1.165) is 31.2 Å². The minimum atomic E-state index is -0.424. The number of hydrogen-bond acceptors (Lipinski definition) is 6. The molecule has 2 fully saturated rings. The molecule has 0 unspecified atom stereocenters. The van der Waals surface area contributed by atoms with Crippen LogP contribution in [-0.2, 0) is 29.2 Å². The average Bonchev–Trinajstić information content (AvgIpc) is 2.68. The quantitative estimate of drug-likeness (QED) is 0.628. The van der Waals surface area contributed by atoms with Gasteiger partial charge >= 0.3 is 5.97 Å². The van der Waals surface area contributed by atoms with Gasteiger partial charge in [0.05, 0.1) is 13.2 Å². The van der Waals surface area contributed by atoms with Crippen LogP contribution in [0.15, 0.2) is 6.07 Å². The summed E-state index contributed by atoms with van der Waals surface area (Å²) in [5.74, 6) is 0.981. The van der Waals surface area contributed by atoms with Gasteiger partial charge in [-0.05, 0) is 62.0 Å². The fourth-order valence-corrected chi connectivity index (χ4v) is 7.32. The van der Waals surface area contributed by atoms with Crippen molar-refractivity contribution in [1.29, 1.82) is 0 Å². The zero-order valence-corrected chi connectivity index (χ0v) is 19.3. The number of carbonyl (C=O) groups is 1. The molecule has 4 rings (SSSR count). The molecule has 5 atom stereocenters. The van der Waals surface area contributed by atoms with Crippen LogP contribution < -0.4 is 4.74 Å². The van der Waals surface area contributed by atoms with Gasteiger partial charge in [-0.2, -0.15) is 0 Å². The molecule has 2 saturated carbocycles. The zero-order valence-electron chi connectivity index (χ0n) is 19.3. The number of carbonyl (C=O) groups excluding carboxylic acids is 1. The van der Waals surface area contributed by atoms with Crippen molar-refractivity contribution >= 4 is 5.97 Å². The third-order valence-corrected chi connectivity index (χ3v) is 8.87. The van der Waals surface area contributed by atoms with Gasteiger partial charge in [-0.3, -0.25) is 4.79 Å². The lowest BCUT2D eigenvalue weighted by Crippen LogP contribution is -2.64. The Bertz CT molecular complexity index is 892. The average molecular weight is 433 g/mol. The number of phenolic OH excluding ortho intramolecular Hbond substituents is 1. The van der Waals surface area contributed by atoms with E-state index in [1.54, 1.807) is 6.07 Å². The first-order chi connectivity index (χ1) is 14.5. The highest BCUT2D eigenvalue weighted by Crippen LogP contribution is 2.65. The number of fused-ring (bicyclic) bond motifs is 4. The first-order valence-electron chi connectivity index (χ1n) is 11.4. The number of benzene rings is 1. The molecule has 1 aromatic carbocycles. The van der Waals surface area contributed by atoms with E-state index in [0.29, 0.717) is 29.2 Å². The van der Waals surface area contributed by atoms with Crippen LogP contribution in [0, 0.1) is 22.7 Å². The summed E-state index contributed by atoms with van der Waals surface area (Å²) in [6, 6.07) is 1.56. The number of rotatable bonds is 3. The summed E-state index contributed by atoms with van der Waals surface area (Å²) >= 11 is 0. The van der Waals surface area contributed by atoms with Crippen LogP contribution in [-0.4, -0.2) is 33.0 Å². The van der Waals surface area contributed by atoms with Crippen molar-refractivity contribution in [2.24, 2.45) is 22.7 Å². The van der Waals surface area contributed by atoms with Crippen LogP contribution in [0.1, 0.15) is 77.0 Å². The van der Waals surface area contributed by atoms with Gasteiger partial charge in [0, 0.05) is 29.4 Å². The van der Waals surface area contributed by atoms with Crippen LogP contribution in [0.4, 0.5) is 0 Å². The second-order valence-corrected chi connectivity index (χ2v) is 10.9. The summed E-state index contributed by atoms with van der Waals surface area (Å²) in [6.45, 7) is 9.91. The highest BCUT2D eigenvalue weighted by Gasteiger charge is 2.63. The predicted octanol–water partition coefficient (Wildman–Crippen LogP) is 3.85. The van der Waals surface area contributed by atoms with E-state index in [-0.39, 0.29) is 47.8 Å². The second kappa shape index (κ2) is 7.38. The Morgan fingerprint density at radius 3 is 2.45 bits per heavy atom. The Hall–Kier alpha value is -1.79. The second-order valence-electron chi connectivity index (χ2n) is 10.9. The van der Waals surface area contributed by atoms with E-state index < -0.39 is 5.60 Å². The highest BCUT2D eigenvalue weighted by molar-refractivity contribution is 5.66. The summed E-state index contributed by atoms with van der Waals surface area (Å²) in [5.41, 5.74) is 1.19. The molecule has 6 heteroatoms. The smallest absolute Gasteiger partial charge is 0.302 e. The van der Waals surface area contributed by atoms with E-state index >= 15 is 0 Å². The third-order valence-electron chi connectivity index (χ3n) is 8.87. The van der Waals surface area contributed by atoms with Crippen molar-refractivity contribution in [2.45, 2.75) is 91.6 Å². The molecule has 0 aromatic heterocycles. The Morgan fingerprint density at radius 2 is 1.84 bits per heavy atom. The lowest BCUT2D eigenvalue weighted by molar-refractivity contribution is -0.204. The maximum absolute atomic E-state index is 11.7. The largest absolute Gasteiger partial charge is 0.508 e. The molecule has 0 amide bonds. The third kappa shape index (κ3) is 3.25. The Kier molecular flexibility index (Phi) is 5.33. The zero-order chi connectivity index (χ0) is 22.8. The van der Waals surface area contributed by atoms with Gasteiger partial charge in [-0.25, -0.2) is 0 Å². The van der Waals surface area contributed by atoms with Gasteiger partial charge in [0.2, 0.25) is 0 Å². The lowest BCUT2D eigenvalue weighted by atomic mass is 9.44. The van der Waals surface area contributed by atoms with E-state index in [1.807, 2.05) is 0 Å². The minimum absolute atomic E-state index is 0.0354. The van der Waals surface area contributed by atoms with Crippen molar-refractivity contribution in [1.82, 2.24) is 0 Å². The standard InChI is InChI=1S/C25H36O6/c1-14(28)30-21-7-8-24(4)19(23(21,2)3)6-9-25(5)20(24)11-16-18(29)10-15(12-26)17(13-27)22(16)31-25/h10,19-21,26-27,29H,6-9,11-13H2,1-5H3/t19-,20+,21-,24-,25-/m0/s1. The first kappa shape index (κ1) is 22.4. The van der Waals surface area contributed by atoms with E-state index in [9.17, 15) is 20.1 Å². The number of esters is 1. The van der Waals surface area contributed by atoms with Crippen molar-refractivity contribution in [3.8, 4) is 11.5 Å². The summed E-state index contributed by atoms with van der Waals surface area (Å²) in [7, 11) is 0. The highest BCUT2D eigenvalue weighted by atomic mass is 16.5. The van der Waals surface area contributed by atoms with Crippen LogP contribution in [0.2, 0.25) is 0 Å². The molecule has 3 aliphatic rings. The molecule has 0 radical (unpaired) electrons. The van der Waals surface area contributed by atoms with Crippen molar-refractivity contribution in [3.05, 3.63) is 22.8 Å². The van der Waals surface area contributed by atoms with Crippen LogP contribution in [0.5, 0.6) is 11.5 Å². The van der Waals surface area contributed by atoms with Gasteiger partial charge < -0.3 is 24.8 Å².